The highest BCUT2D eigenvalue weighted by atomic mass is 19.4. The van der Waals surface area contributed by atoms with Crippen LogP contribution in [-0.4, -0.2) is 41.9 Å². The Morgan fingerprint density at radius 3 is 2.48 bits per heavy atom. The third-order valence-corrected chi connectivity index (χ3v) is 4.27. The van der Waals surface area contributed by atoms with Crippen LogP contribution in [0.25, 0.3) is 0 Å². The molecule has 1 aliphatic heterocycles. The summed E-state index contributed by atoms with van der Waals surface area (Å²) in [5, 5.41) is 6.74. The Labute approximate surface area is 164 Å². The second kappa shape index (κ2) is 8.10. The van der Waals surface area contributed by atoms with Gasteiger partial charge in [-0.25, -0.2) is 9.59 Å². The van der Waals surface area contributed by atoms with Gasteiger partial charge in [-0.15, -0.1) is 0 Å². The summed E-state index contributed by atoms with van der Waals surface area (Å²) >= 11 is 0. The van der Waals surface area contributed by atoms with E-state index in [1.54, 1.807) is 0 Å². The predicted molar refractivity (Wildman–Crippen MR) is 95.4 cm³/mol. The molecule has 1 atom stereocenters. The molecule has 0 spiro atoms. The van der Waals surface area contributed by atoms with Gasteiger partial charge in [-0.3, -0.25) is 19.8 Å². The van der Waals surface area contributed by atoms with Crippen LogP contribution in [0.2, 0.25) is 0 Å². The Hall–Kier alpha value is -3.11. The largest absolute Gasteiger partial charge is 0.416 e. The van der Waals surface area contributed by atoms with Crippen LogP contribution in [0.3, 0.4) is 0 Å². The van der Waals surface area contributed by atoms with Crippen molar-refractivity contribution in [2.24, 2.45) is 5.92 Å². The first-order valence-electron chi connectivity index (χ1n) is 8.74. The van der Waals surface area contributed by atoms with E-state index < -0.39 is 47.7 Å². The van der Waals surface area contributed by atoms with E-state index in [4.69, 9.17) is 0 Å². The fraction of sp³-hybridized carbons (Fsp3) is 0.444. The molecule has 1 aromatic rings. The van der Waals surface area contributed by atoms with Gasteiger partial charge in [0.1, 0.15) is 12.1 Å². The Morgan fingerprint density at radius 2 is 1.90 bits per heavy atom. The highest BCUT2D eigenvalue weighted by Gasteiger charge is 2.50. The van der Waals surface area contributed by atoms with E-state index in [-0.39, 0.29) is 11.5 Å². The summed E-state index contributed by atoms with van der Waals surface area (Å²) in [4.78, 5) is 49.1. The van der Waals surface area contributed by atoms with E-state index in [1.807, 2.05) is 19.2 Å². The molecule has 6 amide bonds. The number of imide groups is 2. The number of benzene rings is 1. The minimum Gasteiger partial charge on any atom is -0.338 e. The summed E-state index contributed by atoms with van der Waals surface area (Å²) in [6.07, 6.45) is -4.62. The number of carbonyl (C=O) groups excluding carboxylic acids is 4. The number of amides is 6. The summed E-state index contributed by atoms with van der Waals surface area (Å²) < 4.78 is 38.9. The molecule has 29 heavy (non-hydrogen) atoms. The lowest BCUT2D eigenvalue weighted by Crippen LogP contribution is -2.47. The summed E-state index contributed by atoms with van der Waals surface area (Å²) in [6.45, 7) is 4.51. The van der Waals surface area contributed by atoms with Crippen molar-refractivity contribution in [3.63, 3.8) is 0 Å². The van der Waals surface area contributed by atoms with Crippen molar-refractivity contribution in [2.45, 2.75) is 32.5 Å². The molecule has 0 radical (unpaired) electrons. The van der Waals surface area contributed by atoms with Gasteiger partial charge in [-0.05, 0) is 30.5 Å². The Bertz CT molecular complexity index is 841. The average molecular weight is 414 g/mol. The maximum atomic E-state index is 13.0. The van der Waals surface area contributed by atoms with Crippen LogP contribution in [-0.2, 0) is 21.3 Å². The lowest BCUT2D eigenvalue weighted by molar-refractivity contribution is -0.138. The normalized spacial score (nSPS) is 19.3. The first kappa shape index (κ1) is 22.2. The number of carbonyl (C=O) groups is 4. The third-order valence-electron chi connectivity index (χ3n) is 4.27. The molecular weight excluding hydrogens is 393 g/mol. The number of hydrogen-bond acceptors (Lipinski definition) is 4. The van der Waals surface area contributed by atoms with E-state index in [0.717, 1.165) is 18.2 Å². The minimum absolute atomic E-state index is 0.0803. The van der Waals surface area contributed by atoms with E-state index in [9.17, 15) is 32.3 Å². The predicted octanol–water partition coefficient (Wildman–Crippen LogP) is 1.95. The van der Waals surface area contributed by atoms with Crippen molar-refractivity contribution in [1.82, 2.24) is 20.9 Å². The van der Waals surface area contributed by atoms with Crippen LogP contribution in [0, 0.1) is 5.92 Å². The second-order valence-electron chi connectivity index (χ2n) is 7.18. The van der Waals surface area contributed by atoms with Crippen LogP contribution >= 0.6 is 0 Å². The smallest absolute Gasteiger partial charge is 0.338 e. The van der Waals surface area contributed by atoms with Gasteiger partial charge >= 0.3 is 18.2 Å². The fourth-order valence-corrected chi connectivity index (χ4v) is 2.69. The van der Waals surface area contributed by atoms with Crippen molar-refractivity contribution in [2.75, 3.05) is 13.1 Å². The zero-order valence-corrected chi connectivity index (χ0v) is 16.0. The lowest BCUT2D eigenvalue weighted by atomic mass is 9.90. The second-order valence-corrected chi connectivity index (χ2v) is 7.18. The van der Waals surface area contributed by atoms with E-state index in [0.29, 0.717) is 11.4 Å². The van der Waals surface area contributed by atoms with Gasteiger partial charge in [-0.1, -0.05) is 26.0 Å². The van der Waals surface area contributed by atoms with E-state index >= 15 is 0 Å². The molecule has 1 unspecified atom stereocenters. The van der Waals surface area contributed by atoms with Gasteiger partial charge in [0.25, 0.3) is 5.91 Å². The molecule has 1 aliphatic rings. The summed E-state index contributed by atoms with van der Waals surface area (Å²) in [5.41, 5.74) is -2.84. The van der Waals surface area contributed by atoms with Crippen LogP contribution in [0.1, 0.15) is 31.9 Å². The number of alkyl halides is 3. The van der Waals surface area contributed by atoms with E-state index in [2.05, 4.69) is 10.6 Å². The van der Waals surface area contributed by atoms with Crippen LogP contribution in [0.5, 0.6) is 0 Å². The molecule has 1 aromatic carbocycles. The topological polar surface area (TPSA) is 108 Å². The molecule has 11 heteroatoms. The molecule has 3 N–H and O–H groups in total. The fourth-order valence-electron chi connectivity index (χ4n) is 2.69. The number of halogens is 3. The maximum absolute atomic E-state index is 13.0. The molecule has 0 aromatic heterocycles. The molecule has 1 fully saturated rings. The molecule has 1 saturated heterocycles. The standard InChI is InChI=1S/C18H21F3N4O4/c1-10(2)8-22-15(28)23-13(26)9-25-14(27)17(3,24-16(25)29)11-5-4-6-12(7-11)18(19,20)21/h4-7,10H,8-9H2,1-3H3,(H,24,29)(H2,22,23,26,28). The Kier molecular flexibility index (Phi) is 6.19. The third kappa shape index (κ3) is 5.04. The number of nitrogens with one attached hydrogen (secondary N) is 3. The first-order valence-corrected chi connectivity index (χ1v) is 8.74. The van der Waals surface area contributed by atoms with Gasteiger partial charge in [0.05, 0.1) is 5.56 Å². The molecule has 8 nitrogen and oxygen atoms in total. The van der Waals surface area contributed by atoms with Gasteiger partial charge in [0, 0.05) is 6.54 Å². The molecule has 1 heterocycles. The molecule has 158 valence electrons. The van der Waals surface area contributed by atoms with Crippen molar-refractivity contribution < 1.29 is 32.3 Å². The van der Waals surface area contributed by atoms with Gasteiger partial charge in [0.15, 0.2) is 0 Å². The van der Waals surface area contributed by atoms with Crippen molar-refractivity contribution in [3.8, 4) is 0 Å². The highest BCUT2D eigenvalue weighted by Crippen LogP contribution is 2.34. The monoisotopic (exact) mass is 414 g/mol. The molecule has 0 bridgehead atoms. The summed E-state index contributed by atoms with van der Waals surface area (Å²) in [5.74, 6) is -1.67. The molecular formula is C18H21F3N4O4. The zero-order chi connectivity index (χ0) is 22.0. The zero-order valence-electron chi connectivity index (χ0n) is 16.0. The number of rotatable bonds is 5. The van der Waals surface area contributed by atoms with Crippen LogP contribution < -0.4 is 16.0 Å². The summed E-state index contributed by atoms with van der Waals surface area (Å²) in [7, 11) is 0. The van der Waals surface area contributed by atoms with E-state index in [1.165, 1.54) is 13.0 Å². The number of hydrogen-bond donors (Lipinski definition) is 3. The van der Waals surface area contributed by atoms with Gasteiger partial charge < -0.3 is 10.6 Å². The minimum atomic E-state index is -4.62. The number of urea groups is 2. The number of nitrogens with zero attached hydrogens (tertiary/aromatic N) is 1. The van der Waals surface area contributed by atoms with Gasteiger partial charge in [0.2, 0.25) is 5.91 Å². The molecule has 0 aliphatic carbocycles. The first-order chi connectivity index (χ1) is 13.3. The summed E-state index contributed by atoms with van der Waals surface area (Å²) in [6, 6.07) is 2.27. The van der Waals surface area contributed by atoms with Crippen LogP contribution in [0.15, 0.2) is 24.3 Å². The van der Waals surface area contributed by atoms with Crippen molar-refractivity contribution in [3.05, 3.63) is 35.4 Å². The quantitative estimate of drug-likeness (QED) is 0.640. The SMILES string of the molecule is CC(C)CNC(=O)NC(=O)CN1C(=O)NC(C)(c2cccc(C(F)(F)F)c2)C1=O. The van der Waals surface area contributed by atoms with Crippen molar-refractivity contribution in [1.29, 1.82) is 0 Å². The maximum Gasteiger partial charge on any atom is 0.416 e. The Balaban J connectivity index is 2.13. The molecule has 0 saturated carbocycles. The lowest BCUT2D eigenvalue weighted by Gasteiger charge is -2.23. The van der Waals surface area contributed by atoms with Crippen LogP contribution in [0.4, 0.5) is 22.8 Å². The average Bonchev–Trinajstić information content (AvgIpc) is 2.83. The molecule has 2 rings (SSSR count). The van der Waals surface area contributed by atoms with Gasteiger partial charge in [-0.2, -0.15) is 13.2 Å². The Morgan fingerprint density at radius 1 is 1.24 bits per heavy atom. The highest BCUT2D eigenvalue weighted by molar-refractivity contribution is 6.10. The van der Waals surface area contributed by atoms with Crippen molar-refractivity contribution >= 4 is 23.9 Å².